The third kappa shape index (κ3) is 4.34. The smallest absolute Gasteiger partial charge is 0.224 e. The highest BCUT2D eigenvalue weighted by molar-refractivity contribution is 6.01. The van der Waals surface area contributed by atoms with Crippen molar-refractivity contribution in [3.05, 3.63) is 36.0 Å². The van der Waals surface area contributed by atoms with Gasteiger partial charge in [0, 0.05) is 18.0 Å². The van der Waals surface area contributed by atoms with Crippen LogP contribution < -0.4 is 11.1 Å². The molecule has 4 nitrogen and oxygen atoms in total. The molecule has 20 heavy (non-hydrogen) atoms. The average molecular weight is 316 g/mol. The van der Waals surface area contributed by atoms with Gasteiger partial charge in [0.25, 0.3) is 0 Å². The maximum Gasteiger partial charge on any atom is 0.224 e. The molecule has 1 amide bonds. The van der Waals surface area contributed by atoms with Crippen molar-refractivity contribution in [2.75, 3.05) is 11.9 Å². The number of carbonyl (C=O) groups is 1. The van der Waals surface area contributed by atoms with Gasteiger partial charge in [-0.2, -0.15) is 0 Å². The number of halogens is 2. The third-order valence-electron chi connectivity index (χ3n) is 2.85. The Morgan fingerprint density at radius 3 is 2.75 bits per heavy atom. The number of fused-ring (bicyclic) bond motifs is 1. The van der Waals surface area contributed by atoms with E-state index in [0.29, 0.717) is 19.4 Å². The summed E-state index contributed by atoms with van der Waals surface area (Å²) < 4.78 is 0. The molecule has 0 saturated carbocycles. The van der Waals surface area contributed by atoms with Crippen molar-refractivity contribution in [2.45, 2.75) is 19.8 Å². The molecule has 0 atom stereocenters. The standard InChI is InChI=1S/C14H17N3O.2ClH/c1-10-6-7-12(17-13(18)5-2-8-15)11-4-3-9-16-14(10)11;;/h3-4,6-7,9H,2,5,8,15H2,1H3,(H,17,18);2*1H. The van der Waals surface area contributed by atoms with Gasteiger partial charge in [0.15, 0.2) is 0 Å². The maximum absolute atomic E-state index is 11.7. The normalized spacial score (nSPS) is 9.50. The van der Waals surface area contributed by atoms with Crippen LogP contribution in [0.3, 0.4) is 0 Å². The Morgan fingerprint density at radius 1 is 1.30 bits per heavy atom. The number of hydrogen-bond acceptors (Lipinski definition) is 3. The Morgan fingerprint density at radius 2 is 2.05 bits per heavy atom. The molecule has 0 fully saturated rings. The summed E-state index contributed by atoms with van der Waals surface area (Å²) >= 11 is 0. The molecule has 0 aliphatic carbocycles. The molecular formula is C14H19Cl2N3O. The lowest BCUT2D eigenvalue weighted by atomic mass is 10.1. The first-order valence-corrected chi connectivity index (χ1v) is 6.06. The fraction of sp³-hybridized carbons (Fsp3) is 0.286. The summed E-state index contributed by atoms with van der Waals surface area (Å²) in [6.07, 6.45) is 2.91. The summed E-state index contributed by atoms with van der Waals surface area (Å²) in [6.45, 7) is 2.54. The Hall–Kier alpha value is -1.36. The van der Waals surface area contributed by atoms with E-state index < -0.39 is 0 Å². The van der Waals surface area contributed by atoms with Crippen LogP contribution in [0.5, 0.6) is 0 Å². The maximum atomic E-state index is 11.7. The fourth-order valence-corrected chi connectivity index (χ4v) is 1.90. The number of aromatic nitrogens is 1. The summed E-state index contributed by atoms with van der Waals surface area (Å²) in [5.41, 5.74) is 8.23. The van der Waals surface area contributed by atoms with Gasteiger partial charge < -0.3 is 11.1 Å². The fourth-order valence-electron chi connectivity index (χ4n) is 1.90. The van der Waals surface area contributed by atoms with Gasteiger partial charge in [-0.15, -0.1) is 24.8 Å². The van der Waals surface area contributed by atoms with E-state index in [1.165, 1.54) is 0 Å². The number of pyridine rings is 1. The van der Waals surface area contributed by atoms with Crippen molar-refractivity contribution in [1.82, 2.24) is 4.98 Å². The highest BCUT2D eigenvalue weighted by atomic mass is 35.5. The summed E-state index contributed by atoms with van der Waals surface area (Å²) in [5.74, 6) is -0.00513. The van der Waals surface area contributed by atoms with Crippen LogP contribution >= 0.6 is 24.8 Å². The number of nitrogens with two attached hydrogens (primary N) is 1. The Bertz CT molecular complexity index is 575. The van der Waals surface area contributed by atoms with E-state index in [1.54, 1.807) is 6.20 Å². The number of rotatable bonds is 4. The van der Waals surface area contributed by atoms with Crippen molar-refractivity contribution < 1.29 is 4.79 Å². The van der Waals surface area contributed by atoms with Crippen LogP contribution in [-0.2, 0) is 4.79 Å². The second-order valence-corrected chi connectivity index (χ2v) is 4.27. The Labute approximate surface area is 131 Å². The molecule has 110 valence electrons. The van der Waals surface area contributed by atoms with Crippen LogP contribution in [0.25, 0.3) is 10.9 Å². The number of anilines is 1. The molecule has 1 aromatic carbocycles. The molecule has 0 saturated heterocycles. The van der Waals surface area contributed by atoms with E-state index in [4.69, 9.17) is 5.73 Å². The zero-order valence-corrected chi connectivity index (χ0v) is 12.9. The minimum Gasteiger partial charge on any atom is -0.330 e. The molecule has 1 heterocycles. The Balaban J connectivity index is 0.00000180. The molecule has 6 heteroatoms. The molecule has 0 spiro atoms. The second kappa shape index (κ2) is 8.74. The van der Waals surface area contributed by atoms with E-state index in [-0.39, 0.29) is 30.7 Å². The highest BCUT2D eigenvalue weighted by Gasteiger charge is 2.07. The zero-order valence-electron chi connectivity index (χ0n) is 11.3. The molecule has 1 aromatic heterocycles. The molecule has 0 aliphatic rings. The summed E-state index contributed by atoms with van der Waals surface area (Å²) in [5, 5.41) is 3.88. The number of carbonyl (C=O) groups excluding carboxylic acids is 1. The van der Waals surface area contributed by atoms with Crippen LogP contribution in [-0.4, -0.2) is 17.4 Å². The minimum atomic E-state index is -0.00513. The molecule has 0 unspecified atom stereocenters. The molecule has 2 aromatic rings. The SMILES string of the molecule is Cc1ccc(NC(=O)CCCN)c2cccnc12.Cl.Cl. The van der Waals surface area contributed by atoms with Gasteiger partial charge in [0.1, 0.15) is 0 Å². The van der Waals surface area contributed by atoms with Crippen LogP contribution in [0.2, 0.25) is 0 Å². The van der Waals surface area contributed by atoms with Crippen molar-refractivity contribution in [2.24, 2.45) is 5.73 Å². The van der Waals surface area contributed by atoms with Crippen molar-refractivity contribution in [3.8, 4) is 0 Å². The monoisotopic (exact) mass is 315 g/mol. The number of nitrogens with zero attached hydrogens (tertiary/aromatic N) is 1. The van der Waals surface area contributed by atoms with Crippen molar-refractivity contribution in [1.29, 1.82) is 0 Å². The number of amides is 1. The van der Waals surface area contributed by atoms with E-state index >= 15 is 0 Å². The minimum absolute atomic E-state index is 0. The predicted molar refractivity (Wildman–Crippen MR) is 87.9 cm³/mol. The zero-order chi connectivity index (χ0) is 13.0. The number of hydrogen-bond donors (Lipinski definition) is 2. The van der Waals surface area contributed by atoms with Crippen LogP contribution in [0.15, 0.2) is 30.5 Å². The molecular weight excluding hydrogens is 297 g/mol. The predicted octanol–water partition coefficient (Wildman–Crippen LogP) is 3.06. The Kier molecular flexibility index (Phi) is 8.15. The molecule has 0 aliphatic heterocycles. The van der Waals surface area contributed by atoms with Gasteiger partial charge in [-0.3, -0.25) is 9.78 Å². The quantitative estimate of drug-likeness (QED) is 0.911. The molecule has 0 bridgehead atoms. The van der Waals surface area contributed by atoms with Crippen molar-refractivity contribution >= 4 is 47.3 Å². The third-order valence-corrected chi connectivity index (χ3v) is 2.85. The highest BCUT2D eigenvalue weighted by Crippen LogP contribution is 2.24. The topological polar surface area (TPSA) is 68.0 Å². The lowest BCUT2D eigenvalue weighted by Crippen LogP contribution is -2.13. The van der Waals surface area contributed by atoms with E-state index in [1.807, 2.05) is 31.2 Å². The van der Waals surface area contributed by atoms with Crippen LogP contribution in [0, 0.1) is 6.92 Å². The van der Waals surface area contributed by atoms with Gasteiger partial charge in [-0.25, -0.2) is 0 Å². The van der Waals surface area contributed by atoms with Crippen molar-refractivity contribution in [3.63, 3.8) is 0 Å². The summed E-state index contributed by atoms with van der Waals surface area (Å²) in [4.78, 5) is 16.1. The van der Waals surface area contributed by atoms with Gasteiger partial charge in [0.05, 0.1) is 11.2 Å². The lowest BCUT2D eigenvalue weighted by molar-refractivity contribution is -0.116. The summed E-state index contributed by atoms with van der Waals surface area (Å²) in [6, 6.07) is 7.72. The largest absolute Gasteiger partial charge is 0.330 e. The van der Waals surface area contributed by atoms with Gasteiger partial charge in [-0.05, 0) is 43.7 Å². The number of benzene rings is 1. The first kappa shape index (κ1) is 18.6. The first-order chi connectivity index (χ1) is 8.72. The van der Waals surface area contributed by atoms with Crippen LogP contribution in [0.1, 0.15) is 18.4 Å². The number of aryl methyl sites for hydroxylation is 1. The molecule has 0 radical (unpaired) electrons. The average Bonchev–Trinajstić information content (AvgIpc) is 2.40. The van der Waals surface area contributed by atoms with Gasteiger partial charge in [-0.1, -0.05) is 6.07 Å². The second-order valence-electron chi connectivity index (χ2n) is 4.27. The van der Waals surface area contributed by atoms with Gasteiger partial charge in [0.2, 0.25) is 5.91 Å². The van der Waals surface area contributed by atoms with Gasteiger partial charge >= 0.3 is 0 Å². The first-order valence-electron chi connectivity index (χ1n) is 6.06. The molecule has 2 rings (SSSR count). The van der Waals surface area contributed by atoms with Crippen LogP contribution in [0.4, 0.5) is 5.69 Å². The lowest BCUT2D eigenvalue weighted by Gasteiger charge is -2.09. The summed E-state index contributed by atoms with van der Waals surface area (Å²) in [7, 11) is 0. The van der Waals surface area contributed by atoms with E-state index in [0.717, 1.165) is 22.2 Å². The van der Waals surface area contributed by atoms with E-state index in [9.17, 15) is 4.79 Å². The van der Waals surface area contributed by atoms with E-state index in [2.05, 4.69) is 10.3 Å². The number of nitrogens with one attached hydrogen (secondary N) is 1. The molecule has 3 N–H and O–H groups in total.